The molecule has 0 aliphatic carbocycles. The minimum absolute atomic E-state index is 0.106. The van der Waals surface area contributed by atoms with Crippen LogP contribution in [-0.2, 0) is 14.3 Å². The number of ether oxygens (including phenoxy) is 1. The second-order valence-corrected chi connectivity index (χ2v) is 5.81. The number of likely N-dealkylation sites (tertiary alicyclic amines) is 1. The lowest BCUT2D eigenvalue weighted by molar-refractivity contribution is -0.142. The molecular weight excluding hydrogens is 288 g/mol. The number of hydrogen-bond acceptors (Lipinski definition) is 6. The lowest BCUT2D eigenvalue weighted by atomic mass is 9.87. The number of amides is 3. The van der Waals surface area contributed by atoms with Crippen LogP contribution in [0.15, 0.2) is 0 Å². The zero-order valence-corrected chi connectivity index (χ0v) is 12.8. The van der Waals surface area contributed by atoms with Gasteiger partial charge in [-0.2, -0.15) is 5.26 Å². The van der Waals surface area contributed by atoms with Crippen LogP contribution in [0.2, 0.25) is 0 Å². The number of nitrogens with one attached hydrogen (secondary N) is 1. The molecule has 2 rings (SSSR count). The molecule has 0 radical (unpaired) electrons. The van der Waals surface area contributed by atoms with E-state index in [9.17, 15) is 14.4 Å². The van der Waals surface area contributed by atoms with Crippen LogP contribution in [0.4, 0.5) is 4.79 Å². The predicted octanol–water partition coefficient (Wildman–Crippen LogP) is -0.295. The smallest absolute Gasteiger partial charge is 0.325 e. The first kappa shape index (κ1) is 16.2. The monoisotopic (exact) mass is 308 g/mol. The Balaban J connectivity index is 1.99. The zero-order valence-electron chi connectivity index (χ0n) is 12.8. The SMILES string of the molecule is COC(=O)CN1CCC2(CC1)NC(=O)N(CC(C)C#N)C2=O. The Labute approximate surface area is 129 Å². The minimum atomic E-state index is -0.890. The van der Waals surface area contributed by atoms with Gasteiger partial charge in [0.2, 0.25) is 0 Å². The Hall–Kier alpha value is -2.14. The fourth-order valence-corrected chi connectivity index (χ4v) is 2.84. The van der Waals surface area contributed by atoms with Crippen LogP contribution in [0.25, 0.3) is 0 Å². The first-order chi connectivity index (χ1) is 10.4. The standard InChI is InChI=1S/C14H20N4O4/c1-10(7-15)8-18-12(20)14(16-13(18)21)3-5-17(6-4-14)9-11(19)22-2/h10H,3-6,8-9H2,1-2H3,(H,16,21). The maximum atomic E-state index is 12.6. The average Bonchev–Trinajstić information content (AvgIpc) is 2.74. The lowest BCUT2D eigenvalue weighted by Crippen LogP contribution is -2.55. The van der Waals surface area contributed by atoms with Crippen LogP contribution < -0.4 is 5.32 Å². The third kappa shape index (κ3) is 3.04. The number of rotatable bonds is 4. The Morgan fingerprint density at radius 2 is 2.09 bits per heavy atom. The summed E-state index contributed by atoms with van der Waals surface area (Å²) in [4.78, 5) is 38.9. The summed E-state index contributed by atoms with van der Waals surface area (Å²) in [6, 6.07) is 1.59. The summed E-state index contributed by atoms with van der Waals surface area (Å²) in [6.07, 6.45) is 0.901. The molecule has 1 atom stereocenters. The number of nitrogens with zero attached hydrogens (tertiary/aromatic N) is 3. The van der Waals surface area contributed by atoms with Crippen LogP contribution in [0.3, 0.4) is 0 Å². The predicted molar refractivity (Wildman–Crippen MR) is 75.4 cm³/mol. The van der Waals surface area contributed by atoms with Crippen molar-refractivity contribution >= 4 is 17.9 Å². The molecule has 120 valence electrons. The molecule has 22 heavy (non-hydrogen) atoms. The molecule has 2 saturated heterocycles. The number of carbonyl (C=O) groups excluding carboxylic acids is 3. The van der Waals surface area contributed by atoms with Gasteiger partial charge < -0.3 is 10.1 Å². The maximum absolute atomic E-state index is 12.6. The van der Waals surface area contributed by atoms with Gasteiger partial charge in [0, 0.05) is 19.6 Å². The number of methoxy groups -OCH3 is 1. The van der Waals surface area contributed by atoms with E-state index in [0.29, 0.717) is 25.9 Å². The molecule has 1 spiro atoms. The van der Waals surface area contributed by atoms with Gasteiger partial charge in [-0.05, 0) is 19.8 Å². The second kappa shape index (κ2) is 6.32. The Morgan fingerprint density at radius 1 is 1.45 bits per heavy atom. The molecular formula is C14H20N4O4. The first-order valence-electron chi connectivity index (χ1n) is 7.25. The normalized spacial score (nSPS) is 22.3. The minimum Gasteiger partial charge on any atom is -0.468 e. The highest BCUT2D eigenvalue weighted by atomic mass is 16.5. The van der Waals surface area contributed by atoms with Crippen molar-refractivity contribution in [3.8, 4) is 6.07 Å². The van der Waals surface area contributed by atoms with Crippen molar-refractivity contribution in [3.05, 3.63) is 0 Å². The number of nitriles is 1. The highest BCUT2D eigenvalue weighted by Crippen LogP contribution is 2.29. The summed E-state index contributed by atoms with van der Waals surface area (Å²) in [5.74, 6) is -0.983. The van der Waals surface area contributed by atoms with Gasteiger partial charge in [-0.25, -0.2) is 4.79 Å². The molecule has 1 N–H and O–H groups in total. The summed E-state index contributed by atoms with van der Waals surface area (Å²) in [6.45, 7) is 3.02. The van der Waals surface area contributed by atoms with E-state index in [1.165, 1.54) is 7.11 Å². The van der Waals surface area contributed by atoms with Gasteiger partial charge >= 0.3 is 12.0 Å². The van der Waals surface area contributed by atoms with Crippen molar-refractivity contribution < 1.29 is 19.1 Å². The molecule has 0 bridgehead atoms. The largest absolute Gasteiger partial charge is 0.468 e. The van der Waals surface area contributed by atoms with Crippen LogP contribution in [-0.4, -0.2) is 66.5 Å². The van der Waals surface area contributed by atoms with Gasteiger partial charge in [0.1, 0.15) is 5.54 Å². The topological polar surface area (TPSA) is 103 Å². The second-order valence-electron chi connectivity index (χ2n) is 5.81. The fourth-order valence-electron chi connectivity index (χ4n) is 2.84. The van der Waals surface area contributed by atoms with Crippen LogP contribution in [0.1, 0.15) is 19.8 Å². The van der Waals surface area contributed by atoms with E-state index < -0.39 is 17.5 Å². The van der Waals surface area contributed by atoms with Crippen molar-refractivity contribution in [2.75, 3.05) is 33.3 Å². The molecule has 0 saturated carbocycles. The highest BCUT2D eigenvalue weighted by molar-refractivity contribution is 6.07. The molecule has 3 amide bonds. The van der Waals surface area contributed by atoms with Gasteiger partial charge in [0.25, 0.3) is 5.91 Å². The van der Waals surface area contributed by atoms with Gasteiger partial charge in [0.05, 0.1) is 25.6 Å². The van der Waals surface area contributed by atoms with E-state index in [0.717, 1.165) is 4.90 Å². The third-order valence-electron chi connectivity index (χ3n) is 4.21. The highest BCUT2D eigenvalue weighted by Gasteiger charge is 2.52. The molecule has 2 heterocycles. The van der Waals surface area contributed by atoms with E-state index >= 15 is 0 Å². The number of esters is 1. The average molecular weight is 308 g/mol. The first-order valence-corrected chi connectivity index (χ1v) is 7.25. The zero-order chi connectivity index (χ0) is 16.3. The molecule has 2 fully saturated rings. The summed E-state index contributed by atoms with van der Waals surface area (Å²) in [5.41, 5.74) is -0.890. The molecule has 0 aromatic heterocycles. The Kier molecular flexibility index (Phi) is 4.66. The number of hydrogen-bond donors (Lipinski definition) is 1. The summed E-state index contributed by atoms with van der Waals surface area (Å²) < 4.78 is 4.63. The maximum Gasteiger partial charge on any atom is 0.325 e. The Bertz CT molecular complexity index is 519. The van der Waals surface area contributed by atoms with E-state index in [2.05, 4.69) is 10.1 Å². The van der Waals surface area contributed by atoms with Crippen molar-refractivity contribution in [1.29, 1.82) is 5.26 Å². The van der Waals surface area contributed by atoms with Gasteiger partial charge in [-0.15, -0.1) is 0 Å². The fraction of sp³-hybridized carbons (Fsp3) is 0.714. The van der Waals surface area contributed by atoms with E-state index in [1.807, 2.05) is 11.0 Å². The van der Waals surface area contributed by atoms with Crippen LogP contribution in [0.5, 0.6) is 0 Å². The molecule has 0 aromatic carbocycles. The van der Waals surface area contributed by atoms with Crippen molar-refractivity contribution in [1.82, 2.24) is 15.1 Å². The molecule has 2 aliphatic rings. The summed E-state index contributed by atoms with van der Waals surface area (Å²) in [7, 11) is 1.34. The summed E-state index contributed by atoms with van der Waals surface area (Å²) >= 11 is 0. The Morgan fingerprint density at radius 3 is 2.64 bits per heavy atom. The quantitative estimate of drug-likeness (QED) is 0.565. The molecule has 0 aromatic rings. The van der Waals surface area contributed by atoms with Crippen LogP contribution >= 0.6 is 0 Å². The molecule has 8 nitrogen and oxygen atoms in total. The van der Waals surface area contributed by atoms with Crippen molar-refractivity contribution in [2.45, 2.75) is 25.3 Å². The van der Waals surface area contributed by atoms with Crippen LogP contribution in [0, 0.1) is 17.2 Å². The van der Waals surface area contributed by atoms with E-state index in [4.69, 9.17) is 5.26 Å². The van der Waals surface area contributed by atoms with E-state index in [1.54, 1.807) is 6.92 Å². The summed E-state index contributed by atoms with van der Waals surface area (Å²) in [5, 5.41) is 11.6. The van der Waals surface area contributed by atoms with Gasteiger partial charge in [0.15, 0.2) is 0 Å². The molecule has 8 heteroatoms. The van der Waals surface area contributed by atoms with Gasteiger partial charge in [-0.3, -0.25) is 19.4 Å². The number of imide groups is 1. The van der Waals surface area contributed by atoms with Gasteiger partial charge in [-0.1, -0.05) is 0 Å². The third-order valence-corrected chi connectivity index (χ3v) is 4.21. The number of carbonyl (C=O) groups is 3. The lowest BCUT2D eigenvalue weighted by Gasteiger charge is -2.36. The van der Waals surface area contributed by atoms with E-state index in [-0.39, 0.29) is 25.0 Å². The number of piperidine rings is 1. The number of urea groups is 1. The molecule has 1 unspecified atom stereocenters. The van der Waals surface area contributed by atoms with Crippen molar-refractivity contribution in [3.63, 3.8) is 0 Å². The van der Waals surface area contributed by atoms with Crippen molar-refractivity contribution in [2.24, 2.45) is 5.92 Å². The molecule has 2 aliphatic heterocycles.